The molecule has 1 aromatic heterocycles. The van der Waals surface area contributed by atoms with Gasteiger partial charge in [-0.05, 0) is 12.1 Å². The number of hydroxylamine groups is 2. The first-order valence-electron chi connectivity index (χ1n) is 5.93. The first-order chi connectivity index (χ1) is 9.70. The van der Waals surface area contributed by atoms with Crippen molar-refractivity contribution in [2.75, 3.05) is 12.4 Å². The Hall–Kier alpha value is -2.25. The molecule has 0 fully saturated rings. The molecule has 1 N–H and O–H groups in total. The predicted molar refractivity (Wildman–Crippen MR) is 73.4 cm³/mol. The molecule has 0 bridgehead atoms. The van der Waals surface area contributed by atoms with Crippen molar-refractivity contribution in [2.45, 2.75) is 6.61 Å². The zero-order chi connectivity index (χ0) is 14.1. The van der Waals surface area contributed by atoms with Crippen LogP contribution in [0.4, 0.5) is 5.13 Å². The number of benzene rings is 1. The average Bonchev–Trinajstić information content (AvgIpc) is 3.03. The van der Waals surface area contributed by atoms with E-state index in [1.807, 2.05) is 5.38 Å². The van der Waals surface area contributed by atoms with Gasteiger partial charge in [0.2, 0.25) is 0 Å². The standard InChI is InChI=1S/C13H11N3O3S/c1-14-13-15-8(7-20-13)6-19-16-11(17)9-4-2-3-5-10(9)12(16)18/h2-5,7H,6H2,1H3,(H,14,15). The van der Waals surface area contributed by atoms with Crippen LogP contribution in [0.2, 0.25) is 0 Å². The number of carbonyl (C=O) groups excluding carboxylic acids is 2. The van der Waals surface area contributed by atoms with Crippen LogP contribution in [0.25, 0.3) is 0 Å². The van der Waals surface area contributed by atoms with Gasteiger partial charge in [-0.3, -0.25) is 14.4 Å². The van der Waals surface area contributed by atoms with Gasteiger partial charge in [0, 0.05) is 12.4 Å². The monoisotopic (exact) mass is 289 g/mol. The Labute approximate surface area is 119 Å². The number of hydrogen-bond acceptors (Lipinski definition) is 6. The minimum atomic E-state index is -0.435. The molecule has 102 valence electrons. The highest BCUT2D eigenvalue weighted by molar-refractivity contribution is 7.13. The molecular formula is C13H11N3O3S. The summed E-state index contributed by atoms with van der Waals surface area (Å²) >= 11 is 1.43. The quantitative estimate of drug-likeness (QED) is 0.871. The summed E-state index contributed by atoms with van der Waals surface area (Å²) in [4.78, 5) is 33.6. The van der Waals surface area contributed by atoms with Crippen LogP contribution in [0.15, 0.2) is 29.6 Å². The minimum absolute atomic E-state index is 0.0731. The Balaban J connectivity index is 1.73. The molecule has 0 unspecified atom stereocenters. The molecule has 2 heterocycles. The van der Waals surface area contributed by atoms with Crippen LogP contribution in [0.3, 0.4) is 0 Å². The number of nitrogens with one attached hydrogen (secondary N) is 1. The number of fused-ring (bicyclic) bond motifs is 1. The van der Waals surface area contributed by atoms with Crippen molar-refractivity contribution in [1.82, 2.24) is 10.0 Å². The van der Waals surface area contributed by atoms with Gasteiger partial charge >= 0.3 is 0 Å². The van der Waals surface area contributed by atoms with E-state index < -0.39 is 11.8 Å². The second-order valence-corrected chi connectivity index (χ2v) is 4.98. The predicted octanol–water partition coefficient (Wildman–Crippen LogP) is 1.91. The Kier molecular flexibility index (Phi) is 3.21. The normalized spacial score (nSPS) is 13.8. The Morgan fingerprint density at radius 3 is 2.45 bits per heavy atom. The van der Waals surface area contributed by atoms with Crippen LogP contribution in [0.5, 0.6) is 0 Å². The Morgan fingerprint density at radius 1 is 1.25 bits per heavy atom. The van der Waals surface area contributed by atoms with E-state index in [2.05, 4.69) is 10.3 Å². The molecule has 0 radical (unpaired) electrons. The van der Waals surface area contributed by atoms with E-state index in [9.17, 15) is 9.59 Å². The van der Waals surface area contributed by atoms with Gasteiger partial charge in [-0.25, -0.2) is 4.98 Å². The molecule has 7 heteroatoms. The summed E-state index contributed by atoms with van der Waals surface area (Å²) in [7, 11) is 1.77. The molecule has 0 spiro atoms. The van der Waals surface area contributed by atoms with Gasteiger partial charge in [0.05, 0.1) is 16.8 Å². The molecule has 20 heavy (non-hydrogen) atoms. The number of hydrogen-bond donors (Lipinski definition) is 1. The summed E-state index contributed by atoms with van der Waals surface area (Å²) < 4.78 is 0. The molecular weight excluding hydrogens is 278 g/mol. The fraction of sp³-hybridized carbons (Fsp3) is 0.154. The van der Waals surface area contributed by atoms with Crippen LogP contribution < -0.4 is 5.32 Å². The third-order valence-electron chi connectivity index (χ3n) is 2.86. The first-order valence-corrected chi connectivity index (χ1v) is 6.81. The number of imide groups is 1. The van der Waals surface area contributed by atoms with E-state index in [1.54, 1.807) is 31.3 Å². The number of rotatable bonds is 4. The first kappa shape index (κ1) is 12.8. The maximum absolute atomic E-state index is 12.0. The largest absolute Gasteiger partial charge is 0.365 e. The number of anilines is 1. The smallest absolute Gasteiger partial charge is 0.285 e. The van der Waals surface area contributed by atoms with Gasteiger partial charge in [0.25, 0.3) is 11.8 Å². The molecule has 2 aromatic rings. The van der Waals surface area contributed by atoms with Gasteiger partial charge < -0.3 is 5.32 Å². The van der Waals surface area contributed by atoms with Crippen molar-refractivity contribution < 1.29 is 14.4 Å². The summed E-state index contributed by atoms with van der Waals surface area (Å²) in [5, 5.41) is 6.27. The molecule has 1 aromatic carbocycles. The Morgan fingerprint density at radius 2 is 1.90 bits per heavy atom. The summed E-state index contributed by atoms with van der Waals surface area (Å²) in [6, 6.07) is 6.65. The highest BCUT2D eigenvalue weighted by atomic mass is 32.1. The third kappa shape index (κ3) is 2.06. The minimum Gasteiger partial charge on any atom is -0.365 e. The van der Waals surface area contributed by atoms with Gasteiger partial charge in [-0.1, -0.05) is 12.1 Å². The van der Waals surface area contributed by atoms with Gasteiger partial charge in [0.15, 0.2) is 5.13 Å². The van der Waals surface area contributed by atoms with E-state index in [0.29, 0.717) is 16.8 Å². The van der Waals surface area contributed by atoms with Gasteiger partial charge in [0.1, 0.15) is 6.61 Å². The Bertz CT molecular complexity index is 648. The van der Waals surface area contributed by atoms with Crippen LogP contribution in [-0.2, 0) is 11.4 Å². The van der Waals surface area contributed by atoms with E-state index in [1.165, 1.54) is 11.3 Å². The van der Waals surface area contributed by atoms with Crippen LogP contribution in [-0.4, -0.2) is 28.9 Å². The van der Waals surface area contributed by atoms with E-state index in [-0.39, 0.29) is 6.61 Å². The molecule has 0 saturated carbocycles. The highest BCUT2D eigenvalue weighted by Gasteiger charge is 2.36. The average molecular weight is 289 g/mol. The summed E-state index contributed by atoms with van der Waals surface area (Å²) in [6.45, 7) is 0.0731. The SMILES string of the molecule is CNc1nc(CON2C(=O)c3ccccc3C2=O)cs1. The highest BCUT2D eigenvalue weighted by Crippen LogP contribution is 2.23. The third-order valence-corrected chi connectivity index (χ3v) is 3.77. The summed E-state index contributed by atoms with van der Waals surface area (Å²) in [6.07, 6.45) is 0. The van der Waals surface area contributed by atoms with Crippen molar-refractivity contribution in [3.8, 4) is 0 Å². The van der Waals surface area contributed by atoms with Crippen molar-refractivity contribution in [3.05, 3.63) is 46.5 Å². The van der Waals surface area contributed by atoms with Crippen molar-refractivity contribution >= 4 is 28.3 Å². The maximum atomic E-state index is 12.0. The summed E-state index contributed by atoms with van der Waals surface area (Å²) in [5.74, 6) is -0.871. The number of carbonyl (C=O) groups is 2. The van der Waals surface area contributed by atoms with E-state index >= 15 is 0 Å². The van der Waals surface area contributed by atoms with Crippen molar-refractivity contribution in [3.63, 3.8) is 0 Å². The fourth-order valence-electron chi connectivity index (χ4n) is 1.90. The lowest BCUT2D eigenvalue weighted by molar-refractivity contribution is -0.101. The molecule has 0 aliphatic carbocycles. The van der Waals surface area contributed by atoms with Crippen LogP contribution in [0.1, 0.15) is 26.4 Å². The zero-order valence-electron chi connectivity index (χ0n) is 10.6. The number of aromatic nitrogens is 1. The maximum Gasteiger partial charge on any atom is 0.285 e. The van der Waals surface area contributed by atoms with E-state index in [4.69, 9.17) is 4.84 Å². The van der Waals surface area contributed by atoms with E-state index in [0.717, 1.165) is 10.2 Å². The lowest BCUT2D eigenvalue weighted by atomic mass is 10.1. The molecule has 2 amide bonds. The second kappa shape index (κ2) is 5.03. The van der Waals surface area contributed by atoms with Crippen LogP contribution in [0, 0.1) is 0 Å². The molecule has 0 atom stereocenters. The van der Waals surface area contributed by atoms with Gasteiger partial charge in [-0.2, -0.15) is 0 Å². The number of amides is 2. The lowest BCUT2D eigenvalue weighted by Gasteiger charge is -2.11. The molecule has 6 nitrogen and oxygen atoms in total. The fourth-order valence-corrected chi connectivity index (χ4v) is 2.56. The second-order valence-electron chi connectivity index (χ2n) is 4.12. The molecule has 1 aliphatic rings. The van der Waals surface area contributed by atoms with Crippen LogP contribution >= 0.6 is 11.3 Å². The molecule has 3 rings (SSSR count). The van der Waals surface area contributed by atoms with Crippen molar-refractivity contribution in [1.29, 1.82) is 0 Å². The summed E-state index contributed by atoms with van der Waals surface area (Å²) in [5.41, 5.74) is 1.40. The van der Waals surface area contributed by atoms with Crippen molar-refractivity contribution in [2.24, 2.45) is 0 Å². The lowest BCUT2D eigenvalue weighted by Crippen LogP contribution is -2.29. The molecule has 0 saturated heterocycles. The van der Waals surface area contributed by atoms with Gasteiger partial charge in [-0.15, -0.1) is 16.4 Å². The molecule has 1 aliphatic heterocycles. The zero-order valence-corrected chi connectivity index (χ0v) is 11.4. The number of nitrogens with zero attached hydrogens (tertiary/aromatic N) is 2. The number of thiazole rings is 1. The topological polar surface area (TPSA) is 71.5 Å².